The molecule has 3 aromatic rings. The lowest BCUT2D eigenvalue weighted by molar-refractivity contribution is -0.143. The van der Waals surface area contributed by atoms with E-state index in [0.29, 0.717) is 18.7 Å². The number of carbonyl (C=O) groups is 2. The first kappa shape index (κ1) is 27.0. The number of hydrogen-bond donors (Lipinski definition) is 1. The van der Waals surface area contributed by atoms with Gasteiger partial charge in [0, 0.05) is 19.0 Å². The molecule has 0 unspecified atom stereocenters. The molecule has 0 radical (unpaired) electrons. The number of aryl methyl sites for hydroxylation is 2. The quantitative estimate of drug-likeness (QED) is 0.387. The van der Waals surface area contributed by atoms with Crippen LogP contribution >= 0.6 is 0 Å². The molecule has 3 aromatic carbocycles. The number of benzene rings is 3. The molecule has 0 aliphatic rings. The Bertz CT molecular complexity index is 1160. The fourth-order valence-corrected chi connectivity index (χ4v) is 4.11. The number of carbonyl (C=O) groups excluding carboxylic acids is 2. The van der Waals surface area contributed by atoms with Crippen molar-refractivity contribution < 1.29 is 14.3 Å². The van der Waals surface area contributed by atoms with Crippen LogP contribution in [0, 0.1) is 20.8 Å². The van der Waals surface area contributed by atoms with Gasteiger partial charge in [-0.25, -0.2) is 0 Å². The van der Waals surface area contributed by atoms with Crippen molar-refractivity contribution in [3.8, 4) is 5.75 Å². The highest BCUT2D eigenvalue weighted by atomic mass is 16.5. The van der Waals surface area contributed by atoms with Crippen LogP contribution < -0.4 is 10.1 Å². The summed E-state index contributed by atoms with van der Waals surface area (Å²) in [5.41, 5.74) is 5.19. The van der Waals surface area contributed by atoms with Crippen molar-refractivity contribution in [2.24, 2.45) is 0 Å². The van der Waals surface area contributed by atoms with Gasteiger partial charge in [0.05, 0.1) is 0 Å². The van der Waals surface area contributed by atoms with Crippen molar-refractivity contribution in [2.75, 3.05) is 6.61 Å². The van der Waals surface area contributed by atoms with E-state index in [0.717, 1.165) is 34.2 Å². The lowest BCUT2D eigenvalue weighted by atomic mass is 10.0. The molecule has 2 amide bonds. The molecular formula is C31H38N2O3. The summed E-state index contributed by atoms with van der Waals surface area (Å²) in [6.45, 7) is 10.2. The molecule has 0 fully saturated rings. The van der Waals surface area contributed by atoms with E-state index < -0.39 is 6.04 Å². The average Bonchev–Trinajstić information content (AvgIpc) is 2.87. The molecule has 1 N–H and O–H groups in total. The summed E-state index contributed by atoms with van der Waals surface area (Å²) >= 11 is 0. The number of nitrogens with zero attached hydrogens (tertiary/aromatic N) is 1. The third-order valence-corrected chi connectivity index (χ3v) is 6.61. The van der Waals surface area contributed by atoms with Crippen molar-refractivity contribution in [1.29, 1.82) is 0 Å². The molecule has 5 heteroatoms. The van der Waals surface area contributed by atoms with Gasteiger partial charge in [-0.15, -0.1) is 0 Å². The van der Waals surface area contributed by atoms with Gasteiger partial charge in [0.25, 0.3) is 5.91 Å². The van der Waals surface area contributed by atoms with Crippen LogP contribution in [0.2, 0.25) is 0 Å². The van der Waals surface area contributed by atoms with Crippen molar-refractivity contribution in [3.63, 3.8) is 0 Å². The maximum atomic E-state index is 13.7. The Labute approximate surface area is 215 Å². The first-order valence-corrected chi connectivity index (χ1v) is 12.7. The summed E-state index contributed by atoms with van der Waals surface area (Å²) in [6.07, 6.45) is 1.23. The fraction of sp³-hybridized carbons (Fsp3) is 0.355. The van der Waals surface area contributed by atoms with Crippen LogP contribution in [-0.4, -0.2) is 35.4 Å². The third kappa shape index (κ3) is 7.45. The predicted octanol–water partition coefficient (Wildman–Crippen LogP) is 5.55. The highest BCUT2D eigenvalue weighted by Gasteiger charge is 2.31. The Kier molecular flexibility index (Phi) is 9.69. The van der Waals surface area contributed by atoms with Crippen molar-refractivity contribution in [2.45, 2.75) is 66.1 Å². The SMILES string of the molecule is CC[C@@H](C)NC(=O)[C@@H](Cc1ccccc1)N(Cc1cccc(C)c1)C(=O)COc1cccc(C)c1C. The monoisotopic (exact) mass is 486 g/mol. The zero-order valence-electron chi connectivity index (χ0n) is 22.1. The molecule has 0 aliphatic heterocycles. The fourth-order valence-electron chi connectivity index (χ4n) is 4.11. The molecule has 0 spiro atoms. The van der Waals surface area contributed by atoms with Crippen molar-refractivity contribution >= 4 is 11.8 Å². The lowest BCUT2D eigenvalue weighted by Crippen LogP contribution is -2.53. The van der Waals surface area contributed by atoms with E-state index in [1.807, 2.05) is 101 Å². The van der Waals surface area contributed by atoms with Crippen LogP contribution in [0.3, 0.4) is 0 Å². The van der Waals surface area contributed by atoms with E-state index in [2.05, 4.69) is 11.4 Å². The summed E-state index contributed by atoms with van der Waals surface area (Å²) in [6, 6.07) is 23.0. The Balaban J connectivity index is 1.93. The summed E-state index contributed by atoms with van der Waals surface area (Å²) in [5, 5.41) is 3.10. The Morgan fingerprint density at radius 1 is 0.917 bits per heavy atom. The van der Waals surface area contributed by atoms with Crippen LogP contribution in [0.25, 0.3) is 0 Å². The Hall–Kier alpha value is -3.60. The molecule has 0 saturated carbocycles. The van der Waals surface area contributed by atoms with E-state index in [9.17, 15) is 9.59 Å². The number of hydrogen-bond acceptors (Lipinski definition) is 3. The van der Waals surface area contributed by atoms with Gasteiger partial charge >= 0.3 is 0 Å². The second kappa shape index (κ2) is 12.9. The zero-order valence-corrected chi connectivity index (χ0v) is 22.1. The van der Waals surface area contributed by atoms with Crippen LogP contribution in [0.1, 0.15) is 48.1 Å². The Morgan fingerprint density at radius 2 is 1.61 bits per heavy atom. The van der Waals surface area contributed by atoms with Gasteiger partial charge in [-0.05, 0) is 62.4 Å². The van der Waals surface area contributed by atoms with Gasteiger partial charge in [-0.3, -0.25) is 9.59 Å². The van der Waals surface area contributed by atoms with E-state index in [1.54, 1.807) is 4.90 Å². The standard InChI is InChI=1S/C31H38N2O3/c1-6-24(4)32-31(35)28(19-26-14-8-7-9-15-26)33(20-27-16-10-12-22(2)18-27)30(34)21-36-29-17-11-13-23(3)25(29)5/h7-18,24,28H,6,19-21H2,1-5H3,(H,32,35)/t24-,28-/m1/s1. The smallest absolute Gasteiger partial charge is 0.261 e. The van der Waals surface area contributed by atoms with Gasteiger partial charge in [0.2, 0.25) is 5.91 Å². The van der Waals surface area contributed by atoms with E-state index in [4.69, 9.17) is 4.74 Å². The predicted molar refractivity (Wildman–Crippen MR) is 145 cm³/mol. The molecule has 3 rings (SSSR count). The average molecular weight is 487 g/mol. The van der Waals surface area contributed by atoms with Crippen LogP contribution in [0.4, 0.5) is 0 Å². The molecule has 0 aromatic heterocycles. The summed E-state index contributed by atoms with van der Waals surface area (Å²) in [4.78, 5) is 28.9. The van der Waals surface area contributed by atoms with Crippen LogP contribution in [-0.2, 0) is 22.6 Å². The zero-order chi connectivity index (χ0) is 26.1. The molecule has 0 aliphatic carbocycles. The largest absolute Gasteiger partial charge is 0.483 e. The molecule has 0 bridgehead atoms. The molecule has 0 heterocycles. The van der Waals surface area contributed by atoms with Gasteiger partial charge in [0.1, 0.15) is 11.8 Å². The van der Waals surface area contributed by atoms with Crippen molar-refractivity contribution in [1.82, 2.24) is 10.2 Å². The molecule has 190 valence electrons. The lowest BCUT2D eigenvalue weighted by Gasteiger charge is -2.32. The van der Waals surface area contributed by atoms with E-state index >= 15 is 0 Å². The maximum Gasteiger partial charge on any atom is 0.261 e. The molecular weight excluding hydrogens is 448 g/mol. The number of rotatable bonds is 11. The minimum Gasteiger partial charge on any atom is -0.483 e. The molecule has 0 saturated heterocycles. The van der Waals surface area contributed by atoms with Gasteiger partial charge < -0.3 is 15.0 Å². The summed E-state index contributed by atoms with van der Waals surface area (Å²) in [5.74, 6) is 0.307. The van der Waals surface area contributed by atoms with Gasteiger partial charge in [0.15, 0.2) is 6.61 Å². The minimum atomic E-state index is -0.670. The Morgan fingerprint density at radius 3 is 2.31 bits per heavy atom. The highest BCUT2D eigenvalue weighted by Crippen LogP contribution is 2.21. The first-order valence-electron chi connectivity index (χ1n) is 12.7. The van der Waals surface area contributed by atoms with Crippen LogP contribution in [0.5, 0.6) is 5.75 Å². The van der Waals surface area contributed by atoms with Gasteiger partial charge in [-0.2, -0.15) is 0 Å². The van der Waals surface area contributed by atoms with Gasteiger partial charge in [-0.1, -0.05) is 79.2 Å². The topological polar surface area (TPSA) is 58.6 Å². The molecule has 36 heavy (non-hydrogen) atoms. The summed E-state index contributed by atoms with van der Waals surface area (Å²) < 4.78 is 5.98. The second-order valence-corrected chi connectivity index (χ2v) is 9.52. The second-order valence-electron chi connectivity index (χ2n) is 9.52. The number of ether oxygens (including phenoxy) is 1. The first-order chi connectivity index (χ1) is 17.3. The third-order valence-electron chi connectivity index (χ3n) is 6.61. The number of nitrogens with one attached hydrogen (secondary N) is 1. The highest BCUT2D eigenvalue weighted by molar-refractivity contribution is 5.88. The molecule has 5 nitrogen and oxygen atoms in total. The summed E-state index contributed by atoms with van der Waals surface area (Å²) in [7, 11) is 0. The van der Waals surface area contributed by atoms with E-state index in [-0.39, 0.29) is 24.5 Å². The molecule has 2 atom stereocenters. The van der Waals surface area contributed by atoms with Crippen molar-refractivity contribution in [3.05, 3.63) is 101 Å². The minimum absolute atomic E-state index is 0.0119. The maximum absolute atomic E-state index is 13.7. The van der Waals surface area contributed by atoms with Crippen LogP contribution in [0.15, 0.2) is 72.8 Å². The normalized spacial score (nSPS) is 12.5. The number of amides is 2. The van der Waals surface area contributed by atoms with E-state index in [1.165, 1.54) is 0 Å².